The maximum Gasteiger partial charge on any atom is 0.258 e. The monoisotopic (exact) mass is 1050 g/mol. The van der Waals surface area contributed by atoms with Crippen molar-refractivity contribution in [2.45, 2.75) is 52.6 Å². The Kier molecular flexibility index (Phi) is 18.1. The van der Waals surface area contributed by atoms with E-state index < -0.39 is 47.3 Å². The second-order valence-corrected chi connectivity index (χ2v) is 17.1. The molecule has 0 saturated heterocycles. The second kappa shape index (κ2) is 23.0. The van der Waals surface area contributed by atoms with E-state index in [1.165, 1.54) is 60.7 Å². The van der Waals surface area contributed by atoms with Crippen LogP contribution in [0.4, 0.5) is 34.1 Å². The Hall–Kier alpha value is -5.16. The lowest BCUT2D eigenvalue weighted by Crippen LogP contribution is -2.33. The van der Waals surface area contributed by atoms with Gasteiger partial charge in [-0.05, 0) is 98.5 Å². The Morgan fingerprint density at radius 3 is 1.12 bits per heavy atom. The van der Waals surface area contributed by atoms with E-state index in [1.54, 1.807) is 26.0 Å². The van der Waals surface area contributed by atoms with Crippen LogP contribution in [0.25, 0.3) is 0 Å². The molecular formula is C44H34Cl8N8O6. The summed E-state index contributed by atoms with van der Waals surface area (Å²) in [5.74, 6) is -4.23. The minimum atomic E-state index is -1.63. The summed E-state index contributed by atoms with van der Waals surface area (Å²) in [6.45, 7) is 5.93. The normalized spacial score (nSPS) is 12.2. The molecule has 0 heterocycles. The Labute approximate surface area is 417 Å². The van der Waals surface area contributed by atoms with Gasteiger partial charge in [-0.1, -0.05) is 119 Å². The average Bonchev–Trinajstić information content (AvgIpc) is 3.25. The van der Waals surface area contributed by atoms with Crippen LogP contribution in [-0.2, 0) is 32.0 Å². The van der Waals surface area contributed by atoms with Crippen molar-refractivity contribution in [3.63, 3.8) is 0 Å². The van der Waals surface area contributed by atoms with Crippen molar-refractivity contribution in [1.29, 1.82) is 0 Å². The van der Waals surface area contributed by atoms with Gasteiger partial charge >= 0.3 is 0 Å². The van der Waals surface area contributed by atoms with E-state index in [4.69, 9.17) is 92.8 Å². The van der Waals surface area contributed by atoms with Crippen molar-refractivity contribution in [1.82, 2.24) is 0 Å². The van der Waals surface area contributed by atoms with Gasteiger partial charge in [0.1, 0.15) is 11.4 Å². The van der Waals surface area contributed by atoms with E-state index in [0.29, 0.717) is 35.3 Å². The standard InChI is InChI=1S/C44H34Cl8N8O6/c1-5-21-13-34(56-44(66)40(20(4)62)60-58-32-12-8-10-26(36(32)50)42(64)54-24-17-29(47)38(52)30(48)18-24)22(6-2)14-33(21)55-43(65)39(19(3)61)59-57-31-11-7-9-25(35(31)49)41(63)53-23-15-27(45)37(51)28(46)16-23/h7-18,39-40H,5-6H2,1-4H3,(H,53,63)(H,54,64)(H,55,65)(H,56,66). The minimum absolute atomic E-state index is 0.00580. The number of carbonyl (C=O) groups excluding carboxylic acids is 6. The van der Waals surface area contributed by atoms with Crippen molar-refractivity contribution < 1.29 is 28.8 Å². The number of nitrogens with zero attached hydrogens (tertiary/aromatic N) is 4. The van der Waals surface area contributed by atoms with Gasteiger partial charge in [-0.2, -0.15) is 20.5 Å². The summed E-state index contributed by atoms with van der Waals surface area (Å²) in [6.07, 6.45) is 0.702. The maximum atomic E-state index is 13.6. The first-order chi connectivity index (χ1) is 31.2. The van der Waals surface area contributed by atoms with Gasteiger partial charge < -0.3 is 21.3 Å². The quantitative estimate of drug-likeness (QED) is 0.0430. The largest absolute Gasteiger partial charge is 0.323 e. The van der Waals surface area contributed by atoms with Crippen molar-refractivity contribution >= 4 is 162 Å². The topological polar surface area (TPSA) is 200 Å². The molecule has 2 unspecified atom stereocenters. The number of carbonyl (C=O) groups is 6. The number of amides is 4. The molecule has 14 nitrogen and oxygen atoms in total. The van der Waals surface area contributed by atoms with Crippen LogP contribution in [0.2, 0.25) is 40.2 Å². The van der Waals surface area contributed by atoms with E-state index in [9.17, 15) is 28.8 Å². The van der Waals surface area contributed by atoms with Gasteiger partial charge in [0, 0.05) is 22.7 Å². The number of anilines is 4. The molecule has 22 heteroatoms. The predicted molar refractivity (Wildman–Crippen MR) is 262 cm³/mol. The van der Waals surface area contributed by atoms with Crippen molar-refractivity contribution in [3.05, 3.63) is 135 Å². The Balaban J connectivity index is 1.31. The fourth-order valence-corrected chi connectivity index (χ4v) is 7.67. The Morgan fingerprint density at radius 1 is 0.485 bits per heavy atom. The highest BCUT2D eigenvalue weighted by molar-refractivity contribution is 6.49. The average molecular weight is 1050 g/mol. The number of rotatable bonds is 16. The predicted octanol–water partition coefficient (Wildman–Crippen LogP) is 13.9. The highest BCUT2D eigenvalue weighted by Crippen LogP contribution is 2.37. The second-order valence-electron chi connectivity index (χ2n) is 14.0. The molecule has 5 rings (SSSR count). The zero-order chi connectivity index (χ0) is 48.6. The van der Waals surface area contributed by atoms with Crippen LogP contribution in [0, 0.1) is 0 Å². The summed E-state index contributed by atoms with van der Waals surface area (Å²) in [7, 11) is 0. The number of hydrogen-bond donors (Lipinski definition) is 4. The van der Waals surface area contributed by atoms with Gasteiger partial charge in [0.05, 0.1) is 51.3 Å². The molecule has 0 aliphatic rings. The number of Topliss-reactive ketones (excluding diaryl/α,β-unsaturated/α-hetero) is 2. The SMILES string of the molecule is CCc1cc(NC(=O)C(N=Nc2cccc(C(=O)Nc3cc(Cl)c(Cl)c(Cl)c3)c2Cl)C(C)=O)c(CC)cc1NC(=O)C(N=Nc1cccc(C(=O)Nc2cc(Cl)c(Cl)c(Cl)c2)c1Cl)C(C)=O. The van der Waals surface area contributed by atoms with Gasteiger partial charge in [0.15, 0.2) is 11.6 Å². The molecule has 0 spiro atoms. The van der Waals surface area contributed by atoms with Crippen LogP contribution < -0.4 is 21.3 Å². The number of aryl methyl sites for hydroxylation is 2. The number of azo groups is 2. The van der Waals surface area contributed by atoms with Crippen LogP contribution in [-0.4, -0.2) is 47.3 Å². The van der Waals surface area contributed by atoms with Crippen molar-refractivity contribution in [2.75, 3.05) is 21.3 Å². The Bertz CT molecular complexity index is 2620. The molecule has 342 valence electrons. The molecule has 0 aliphatic carbocycles. The molecule has 0 aliphatic heterocycles. The highest BCUT2D eigenvalue weighted by atomic mass is 35.5. The highest BCUT2D eigenvalue weighted by Gasteiger charge is 2.27. The Morgan fingerprint density at radius 2 is 0.818 bits per heavy atom. The molecule has 5 aromatic carbocycles. The smallest absolute Gasteiger partial charge is 0.258 e. The first kappa shape index (κ1) is 51.8. The zero-order valence-corrected chi connectivity index (χ0v) is 40.8. The lowest BCUT2D eigenvalue weighted by Gasteiger charge is -2.18. The summed E-state index contributed by atoms with van der Waals surface area (Å²) >= 11 is 49.4. The van der Waals surface area contributed by atoms with Gasteiger partial charge in [0.2, 0.25) is 12.1 Å². The zero-order valence-electron chi connectivity index (χ0n) is 34.8. The minimum Gasteiger partial charge on any atom is -0.323 e. The fourth-order valence-electron chi connectivity index (χ4n) is 5.98. The molecule has 5 aromatic rings. The molecule has 2 atom stereocenters. The number of hydrogen-bond acceptors (Lipinski definition) is 10. The van der Waals surface area contributed by atoms with Crippen LogP contribution in [0.3, 0.4) is 0 Å². The maximum absolute atomic E-state index is 13.6. The molecular weight excluding hydrogens is 1020 g/mol. The van der Waals surface area contributed by atoms with Crippen LogP contribution >= 0.6 is 92.8 Å². The molecule has 0 radical (unpaired) electrons. The number of ketones is 2. The van der Waals surface area contributed by atoms with E-state index >= 15 is 0 Å². The van der Waals surface area contributed by atoms with E-state index in [1.807, 2.05) is 0 Å². The number of benzene rings is 5. The molecule has 0 bridgehead atoms. The van der Waals surface area contributed by atoms with Crippen molar-refractivity contribution in [2.24, 2.45) is 20.5 Å². The summed E-state index contributed by atoms with van der Waals surface area (Å²) in [4.78, 5) is 79.0. The molecule has 4 amide bonds. The lowest BCUT2D eigenvalue weighted by atomic mass is 10.0. The van der Waals surface area contributed by atoms with Gasteiger partial charge in [-0.15, -0.1) is 0 Å². The molecule has 0 aromatic heterocycles. The van der Waals surface area contributed by atoms with E-state index in [-0.39, 0.29) is 74.1 Å². The fraction of sp³-hybridized carbons (Fsp3) is 0.182. The summed E-state index contributed by atoms with van der Waals surface area (Å²) in [6, 6.07) is 14.3. The first-order valence-corrected chi connectivity index (χ1v) is 22.4. The summed E-state index contributed by atoms with van der Waals surface area (Å²) in [5, 5.41) is 27.3. The summed E-state index contributed by atoms with van der Waals surface area (Å²) < 4.78 is 0. The third kappa shape index (κ3) is 12.6. The van der Waals surface area contributed by atoms with Gasteiger partial charge in [0.25, 0.3) is 23.6 Å². The lowest BCUT2D eigenvalue weighted by molar-refractivity contribution is -0.127. The summed E-state index contributed by atoms with van der Waals surface area (Å²) in [5.41, 5.74) is 2.20. The van der Waals surface area contributed by atoms with E-state index in [2.05, 4.69) is 41.7 Å². The number of nitrogens with one attached hydrogen (secondary N) is 4. The third-order valence-electron chi connectivity index (χ3n) is 9.36. The first-order valence-electron chi connectivity index (χ1n) is 19.3. The van der Waals surface area contributed by atoms with Crippen LogP contribution in [0.1, 0.15) is 59.5 Å². The molecule has 0 fully saturated rings. The molecule has 0 saturated carbocycles. The van der Waals surface area contributed by atoms with Crippen molar-refractivity contribution in [3.8, 4) is 0 Å². The van der Waals surface area contributed by atoms with Gasteiger partial charge in [-0.3, -0.25) is 28.8 Å². The number of halogens is 8. The molecule has 4 N–H and O–H groups in total. The van der Waals surface area contributed by atoms with Gasteiger partial charge in [-0.25, -0.2) is 0 Å². The molecule has 66 heavy (non-hydrogen) atoms. The van der Waals surface area contributed by atoms with E-state index in [0.717, 1.165) is 13.8 Å². The third-order valence-corrected chi connectivity index (χ3v) is 12.6. The van der Waals surface area contributed by atoms with Crippen LogP contribution in [0.5, 0.6) is 0 Å². The van der Waals surface area contributed by atoms with Crippen LogP contribution in [0.15, 0.2) is 93.3 Å².